The number of carbonyl (C=O) groups is 1. The first kappa shape index (κ1) is 20.2. The molecule has 0 aliphatic carbocycles. The molecule has 30 heavy (non-hydrogen) atoms. The first-order valence-electron chi connectivity index (χ1n) is 10.0. The summed E-state index contributed by atoms with van der Waals surface area (Å²) in [6.45, 7) is 1.13. The zero-order chi connectivity index (χ0) is 20.9. The van der Waals surface area contributed by atoms with Crippen LogP contribution in [-0.4, -0.2) is 27.9 Å². The lowest BCUT2D eigenvalue weighted by atomic mass is 10.2. The number of nitrogens with one attached hydrogen (secondary N) is 1. The van der Waals surface area contributed by atoms with Gasteiger partial charge in [-0.25, -0.2) is 14.5 Å². The van der Waals surface area contributed by atoms with Crippen LogP contribution in [0.3, 0.4) is 0 Å². The molecule has 3 aromatic rings. The summed E-state index contributed by atoms with van der Waals surface area (Å²) in [6.07, 6.45) is 4.34. The second kappa shape index (κ2) is 9.17. The van der Waals surface area contributed by atoms with Crippen molar-refractivity contribution in [3.8, 4) is 5.75 Å². The van der Waals surface area contributed by atoms with Crippen LogP contribution in [0.5, 0.6) is 5.75 Å². The van der Waals surface area contributed by atoms with Crippen molar-refractivity contribution in [1.29, 1.82) is 0 Å². The van der Waals surface area contributed by atoms with Crippen molar-refractivity contribution in [2.24, 2.45) is 0 Å². The Hall–Kier alpha value is -3.06. The summed E-state index contributed by atoms with van der Waals surface area (Å²) in [6, 6.07) is 14.1. The number of hydrogen-bond acceptors (Lipinski definition) is 4. The van der Waals surface area contributed by atoms with E-state index >= 15 is 0 Å². The SMILES string of the molecule is COc1cccc(N(Cc2nc3n(n2)CCCCC3)C(=O)Nc2ccc(Cl)cc2)c1. The van der Waals surface area contributed by atoms with Crippen molar-refractivity contribution in [3.05, 3.63) is 65.2 Å². The van der Waals surface area contributed by atoms with E-state index < -0.39 is 0 Å². The highest BCUT2D eigenvalue weighted by atomic mass is 35.5. The Bertz CT molecular complexity index is 995. The molecule has 0 radical (unpaired) electrons. The minimum absolute atomic E-state index is 0.257. The van der Waals surface area contributed by atoms with Crippen LogP contribution in [0.1, 0.15) is 30.9 Å². The van der Waals surface area contributed by atoms with Crippen LogP contribution < -0.4 is 15.0 Å². The third-order valence-electron chi connectivity index (χ3n) is 5.07. The number of aryl methyl sites for hydroxylation is 2. The lowest BCUT2D eigenvalue weighted by Gasteiger charge is -2.22. The van der Waals surface area contributed by atoms with Crippen molar-refractivity contribution in [2.75, 3.05) is 17.3 Å². The number of hydrogen-bond donors (Lipinski definition) is 1. The average molecular weight is 426 g/mol. The maximum Gasteiger partial charge on any atom is 0.326 e. The van der Waals surface area contributed by atoms with Gasteiger partial charge in [0.05, 0.1) is 13.7 Å². The van der Waals surface area contributed by atoms with Crippen molar-refractivity contribution < 1.29 is 9.53 Å². The predicted octanol–water partition coefficient (Wildman–Crippen LogP) is 4.91. The summed E-state index contributed by atoms with van der Waals surface area (Å²) in [5.74, 6) is 2.29. The summed E-state index contributed by atoms with van der Waals surface area (Å²) >= 11 is 5.95. The number of urea groups is 1. The van der Waals surface area contributed by atoms with Gasteiger partial charge in [-0.3, -0.25) is 4.90 Å². The number of halogens is 1. The summed E-state index contributed by atoms with van der Waals surface area (Å²) in [4.78, 5) is 19.5. The highest BCUT2D eigenvalue weighted by molar-refractivity contribution is 6.30. The molecule has 1 aromatic heterocycles. The molecule has 0 saturated carbocycles. The van der Waals surface area contributed by atoms with E-state index in [0.717, 1.165) is 31.6 Å². The molecular formula is C22H24ClN5O2. The molecule has 0 unspecified atom stereocenters. The monoisotopic (exact) mass is 425 g/mol. The molecule has 1 N–H and O–H groups in total. The molecule has 1 aliphatic rings. The van der Waals surface area contributed by atoms with Gasteiger partial charge in [0.25, 0.3) is 0 Å². The molecular weight excluding hydrogens is 402 g/mol. The van der Waals surface area contributed by atoms with Gasteiger partial charge in [-0.05, 0) is 49.2 Å². The number of benzene rings is 2. The highest BCUT2D eigenvalue weighted by Gasteiger charge is 2.21. The Balaban J connectivity index is 1.61. The quantitative estimate of drug-likeness (QED) is 0.630. The van der Waals surface area contributed by atoms with Crippen LogP contribution >= 0.6 is 11.6 Å². The maximum atomic E-state index is 13.2. The number of aromatic nitrogens is 3. The van der Waals surface area contributed by atoms with Crippen LogP contribution in [-0.2, 0) is 19.5 Å². The van der Waals surface area contributed by atoms with E-state index in [0.29, 0.717) is 28.0 Å². The largest absolute Gasteiger partial charge is 0.497 e. The number of nitrogens with zero attached hydrogens (tertiary/aromatic N) is 4. The molecule has 0 bridgehead atoms. The maximum absolute atomic E-state index is 13.2. The van der Waals surface area contributed by atoms with Crippen LogP contribution in [0.15, 0.2) is 48.5 Å². The average Bonchev–Trinajstić information content (AvgIpc) is 3.02. The van der Waals surface area contributed by atoms with E-state index in [9.17, 15) is 4.79 Å². The summed E-state index contributed by atoms with van der Waals surface area (Å²) in [5.41, 5.74) is 1.36. The van der Waals surface area contributed by atoms with Crippen LogP contribution in [0.25, 0.3) is 0 Å². The number of amides is 2. The number of ether oxygens (including phenoxy) is 1. The molecule has 2 heterocycles. The Labute approximate surface area is 180 Å². The van der Waals surface area contributed by atoms with Crippen LogP contribution in [0, 0.1) is 0 Å². The fourth-order valence-electron chi connectivity index (χ4n) is 3.50. The highest BCUT2D eigenvalue weighted by Crippen LogP contribution is 2.24. The molecule has 2 aromatic carbocycles. The topological polar surface area (TPSA) is 72.3 Å². The van der Waals surface area contributed by atoms with E-state index in [1.807, 2.05) is 28.9 Å². The van der Waals surface area contributed by atoms with E-state index in [4.69, 9.17) is 21.3 Å². The van der Waals surface area contributed by atoms with Gasteiger partial charge in [0.15, 0.2) is 5.82 Å². The van der Waals surface area contributed by atoms with E-state index in [-0.39, 0.29) is 12.6 Å². The first-order chi connectivity index (χ1) is 14.6. The van der Waals surface area contributed by atoms with Gasteiger partial charge in [0.1, 0.15) is 11.6 Å². The Kier molecular flexibility index (Phi) is 6.18. The van der Waals surface area contributed by atoms with Gasteiger partial charge in [-0.15, -0.1) is 0 Å². The summed E-state index contributed by atoms with van der Waals surface area (Å²) in [5, 5.41) is 8.19. The van der Waals surface area contributed by atoms with E-state index in [2.05, 4.69) is 10.4 Å². The lowest BCUT2D eigenvalue weighted by molar-refractivity contribution is 0.256. The number of methoxy groups -OCH3 is 1. The van der Waals surface area contributed by atoms with Gasteiger partial charge < -0.3 is 10.1 Å². The van der Waals surface area contributed by atoms with Gasteiger partial charge in [0, 0.05) is 35.4 Å². The molecule has 0 saturated heterocycles. The summed E-state index contributed by atoms with van der Waals surface area (Å²) < 4.78 is 7.31. The number of fused-ring (bicyclic) bond motifs is 1. The third kappa shape index (κ3) is 4.74. The zero-order valence-corrected chi connectivity index (χ0v) is 17.6. The standard InChI is InChI=1S/C22H24ClN5O2/c1-30-19-7-5-6-18(14-19)27(22(29)24-17-11-9-16(23)10-12-17)15-20-25-21-8-3-2-4-13-28(21)26-20/h5-7,9-12,14H,2-4,8,13,15H2,1H3,(H,24,29). The minimum atomic E-state index is -0.282. The zero-order valence-electron chi connectivity index (χ0n) is 16.8. The number of carbonyl (C=O) groups excluding carboxylic acids is 1. The van der Waals surface area contributed by atoms with Gasteiger partial charge in [-0.2, -0.15) is 5.10 Å². The van der Waals surface area contributed by atoms with Crippen molar-refractivity contribution >= 4 is 29.0 Å². The summed E-state index contributed by atoms with van der Waals surface area (Å²) in [7, 11) is 1.60. The smallest absolute Gasteiger partial charge is 0.326 e. The molecule has 0 atom stereocenters. The Morgan fingerprint density at radius 2 is 2.03 bits per heavy atom. The molecule has 2 amide bonds. The molecule has 7 nitrogen and oxygen atoms in total. The second-order valence-electron chi connectivity index (χ2n) is 7.20. The molecule has 0 fully saturated rings. The molecule has 156 valence electrons. The van der Waals surface area contributed by atoms with Gasteiger partial charge >= 0.3 is 6.03 Å². The van der Waals surface area contributed by atoms with Crippen molar-refractivity contribution in [3.63, 3.8) is 0 Å². The fourth-order valence-corrected chi connectivity index (χ4v) is 3.63. The fraction of sp³-hybridized carbons (Fsp3) is 0.318. The van der Waals surface area contributed by atoms with Crippen molar-refractivity contribution in [1.82, 2.24) is 14.8 Å². The normalized spacial score (nSPS) is 13.3. The van der Waals surface area contributed by atoms with E-state index in [1.54, 1.807) is 36.3 Å². The van der Waals surface area contributed by atoms with Gasteiger partial charge in [0.2, 0.25) is 0 Å². The predicted molar refractivity (Wildman–Crippen MR) is 117 cm³/mol. The second-order valence-corrected chi connectivity index (χ2v) is 7.64. The molecule has 1 aliphatic heterocycles. The molecule has 8 heteroatoms. The Morgan fingerprint density at radius 3 is 2.83 bits per heavy atom. The Morgan fingerprint density at radius 1 is 1.20 bits per heavy atom. The molecule has 0 spiro atoms. The number of rotatable bonds is 5. The van der Waals surface area contributed by atoms with Gasteiger partial charge in [-0.1, -0.05) is 24.1 Å². The molecule has 4 rings (SSSR count). The van der Waals surface area contributed by atoms with Crippen molar-refractivity contribution in [2.45, 2.75) is 38.8 Å². The lowest BCUT2D eigenvalue weighted by Crippen LogP contribution is -2.35. The number of anilines is 2. The first-order valence-corrected chi connectivity index (χ1v) is 10.4. The van der Waals surface area contributed by atoms with Crippen LogP contribution in [0.2, 0.25) is 5.02 Å². The van der Waals surface area contributed by atoms with Crippen LogP contribution in [0.4, 0.5) is 16.2 Å². The van der Waals surface area contributed by atoms with E-state index in [1.165, 1.54) is 6.42 Å². The third-order valence-corrected chi connectivity index (χ3v) is 5.32. The minimum Gasteiger partial charge on any atom is -0.497 e.